The number of amides is 1. The summed E-state index contributed by atoms with van der Waals surface area (Å²) in [7, 11) is 0. The standard InChI is InChI=1S/C15H15N3O3/c1-10-7-11(2)9-12(8-10)15(19)17-16-13-3-5-14(6-4-13)18(20)21/h3-9,16H,1-2H3,(H,17,19). The van der Waals surface area contributed by atoms with Crippen molar-refractivity contribution in [1.29, 1.82) is 0 Å². The zero-order valence-corrected chi connectivity index (χ0v) is 11.7. The summed E-state index contributed by atoms with van der Waals surface area (Å²) in [5.74, 6) is -0.264. The summed E-state index contributed by atoms with van der Waals surface area (Å²) in [4.78, 5) is 22.1. The van der Waals surface area contributed by atoms with Crippen molar-refractivity contribution in [3.05, 3.63) is 69.3 Å². The number of hydrogen-bond donors (Lipinski definition) is 2. The predicted molar refractivity (Wildman–Crippen MR) is 80.1 cm³/mol. The fourth-order valence-electron chi connectivity index (χ4n) is 1.97. The van der Waals surface area contributed by atoms with Gasteiger partial charge in [0.25, 0.3) is 11.6 Å². The predicted octanol–water partition coefficient (Wildman–Crippen LogP) is 2.97. The highest BCUT2D eigenvalue weighted by Gasteiger charge is 2.07. The van der Waals surface area contributed by atoms with Crippen LogP contribution in [0.4, 0.5) is 11.4 Å². The van der Waals surface area contributed by atoms with E-state index in [0.29, 0.717) is 11.3 Å². The topological polar surface area (TPSA) is 84.3 Å². The van der Waals surface area contributed by atoms with Gasteiger partial charge in [-0.25, -0.2) is 0 Å². The summed E-state index contributed by atoms with van der Waals surface area (Å²) in [6.07, 6.45) is 0. The van der Waals surface area contributed by atoms with E-state index in [0.717, 1.165) is 11.1 Å². The van der Waals surface area contributed by atoms with Gasteiger partial charge < -0.3 is 0 Å². The second-order valence-electron chi connectivity index (χ2n) is 4.76. The van der Waals surface area contributed by atoms with Gasteiger partial charge in [-0.15, -0.1) is 0 Å². The number of hydrazine groups is 1. The Kier molecular flexibility index (Phi) is 4.18. The maximum Gasteiger partial charge on any atom is 0.269 e. The van der Waals surface area contributed by atoms with Crippen molar-refractivity contribution in [3.8, 4) is 0 Å². The summed E-state index contributed by atoms with van der Waals surface area (Å²) < 4.78 is 0. The van der Waals surface area contributed by atoms with Crippen molar-refractivity contribution >= 4 is 17.3 Å². The van der Waals surface area contributed by atoms with E-state index >= 15 is 0 Å². The van der Waals surface area contributed by atoms with Crippen LogP contribution in [0.5, 0.6) is 0 Å². The first-order valence-electron chi connectivity index (χ1n) is 6.35. The molecule has 0 atom stereocenters. The lowest BCUT2D eigenvalue weighted by molar-refractivity contribution is -0.384. The van der Waals surface area contributed by atoms with Crippen LogP contribution < -0.4 is 10.9 Å². The fraction of sp³-hybridized carbons (Fsp3) is 0.133. The number of anilines is 1. The monoisotopic (exact) mass is 285 g/mol. The van der Waals surface area contributed by atoms with E-state index in [1.165, 1.54) is 24.3 Å². The van der Waals surface area contributed by atoms with Gasteiger partial charge in [0.1, 0.15) is 0 Å². The lowest BCUT2D eigenvalue weighted by atomic mass is 10.1. The summed E-state index contributed by atoms with van der Waals surface area (Å²) >= 11 is 0. The molecule has 6 heteroatoms. The summed E-state index contributed by atoms with van der Waals surface area (Å²) in [5, 5.41) is 10.5. The zero-order valence-electron chi connectivity index (χ0n) is 11.7. The smallest absolute Gasteiger partial charge is 0.269 e. The molecular weight excluding hydrogens is 270 g/mol. The quantitative estimate of drug-likeness (QED) is 0.668. The third kappa shape index (κ3) is 3.79. The summed E-state index contributed by atoms with van der Waals surface area (Å²) in [6, 6.07) is 11.4. The number of carbonyl (C=O) groups is 1. The van der Waals surface area contributed by atoms with E-state index in [2.05, 4.69) is 10.9 Å². The minimum atomic E-state index is -0.474. The van der Waals surface area contributed by atoms with Crippen LogP contribution in [-0.4, -0.2) is 10.8 Å². The van der Waals surface area contributed by atoms with Gasteiger partial charge in [0.2, 0.25) is 0 Å². The number of carbonyl (C=O) groups excluding carboxylic acids is 1. The molecule has 2 N–H and O–H groups in total. The van der Waals surface area contributed by atoms with Crippen LogP contribution in [0.2, 0.25) is 0 Å². The van der Waals surface area contributed by atoms with Crippen LogP contribution in [0.15, 0.2) is 42.5 Å². The van der Waals surface area contributed by atoms with E-state index < -0.39 is 4.92 Å². The summed E-state index contributed by atoms with van der Waals surface area (Å²) in [5.41, 5.74) is 8.43. The van der Waals surface area contributed by atoms with Crippen LogP contribution in [-0.2, 0) is 0 Å². The molecule has 2 aromatic rings. The van der Waals surface area contributed by atoms with Crippen molar-refractivity contribution in [2.75, 3.05) is 5.43 Å². The molecule has 0 fully saturated rings. The Morgan fingerprint density at radius 2 is 1.62 bits per heavy atom. The largest absolute Gasteiger partial charge is 0.298 e. The number of benzene rings is 2. The third-order valence-electron chi connectivity index (χ3n) is 2.88. The molecule has 0 aliphatic heterocycles. The van der Waals surface area contributed by atoms with E-state index in [1.807, 2.05) is 19.9 Å². The highest BCUT2D eigenvalue weighted by atomic mass is 16.6. The first-order valence-corrected chi connectivity index (χ1v) is 6.35. The van der Waals surface area contributed by atoms with Crippen molar-refractivity contribution < 1.29 is 9.72 Å². The number of nitrogens with one attached hydrogen (secondary N) is 2. The van der Waals surface area contributed by atoms with E-state index in [4.69, 9.17) is 0 Å². The first kappa shape index (κ1) is 14.5. The molecule has 0 heterocycles. The molecule has 0 spiro atoms. The second kappa shape index (κ2) is 6.04. The minimum Gasteiger partial charge on any atom is -0.298 e. The Bertz CT molecular complexity index is 661. The molecule has 2 aromatic carbocycles. The SMILES string of the molecule is Cc1cc(C)cc(C(=O)NNc2ccc([N+](=O)[O-])cc2)c1. The Morgan fingerprint density at radius 1 is 1.05 bits per heavy atom. The lowest BCUT2D eigenvalue weighted by Crippen LogP contribution is -2.29. The maximum absolute atomic E-state index is 12.0. The number of nitro benzene ring substituents is 1. The van der Waals surface area contributed by atoms with Crippen LogP contribution in [0, 0.1) is 24.0 Å². The summed E-state index contributed by atoms with van der Waals surface area (Å²) in [6.45, 7) is 3.85. The van der Waals surface area contributed by atoms with Crippen LogP contribution in [0.25, 0.3) is 0 Å². The van der Waals surface area contributed by atoms with Crippen LogP contribution in [0.1, 0.15) is 21.5 Å². The average molecular weight is 285 g/mol. The number of nitro groups is 1. The van der Waals surface area contributed by atoms with Gasteiger partial charge in [-0.3, -0.25) is 25.8 Å². The zero-order chi connectivity index (χ0) is 15.4. The van der Waals surface area contributed by atoms with Crippen molar-refractivity contribution in [2.24, 2.45) is 0 Å². The van der Waals surface area contributed by atoms with Crippen molar-refractivity contribution in [1.82, 2.24) is 5.43 Å². The molecule has 0 aliphatic carbocycles. The molecule has 0 bridgehead atoms. The highest BCUT2D eigenvalue weighted by molar-refractivity contribution is 5.95. The maximum atomic E-state index is 12.0. The van der Waals surface area contributed by atoms with Crippen molar-refractivity contribution in [3.63, 3.8) is 0 Å². The first-order chi connectivity index (χ1) is 9.95. The Hall–Kier alpha value is -2.89. The van der Waals surface area contributed by atoms with E-state index in [9.17, 15) is 14.9 Å². The van der Waals surface area contributed by atoms with Gasteiger partial charge in [-0.1, -0.05) is 17.2 Å². The molecule has 0 saturated carbocycles. The molecule has 0 unspecified atom stereocenters. The van der Waals surface area contributed by atoms with Crippen LogP contribution in [0.3, 0.4) is 0 Å². The van der Waals surface area contributed by atoms with Gasteiger partial charge in [0.15, 0.2) is 0 Å². The molecule has 108 valence electrons. The Morgan fingerprint density at radius 3 is 2.14 bits per heavy atom. The average Bonchev–Trinajstić information content (AvgIpc) is 2.44. The number of hydrogen-bond acceptors (Lipinski definition) is 4. The van der Waals surface area contributed by atoms with Gasteiger partial charge in [0, 0.05) is 17.7 Å². The molecule has 0 radical (unpaired) electrons. The normalized spacial score (nSPS) is 10.0. The number of non-ortho nitro benzene ring substituents is 1. The van der Waals surface area contributed by atoms with Crippen LogP contribution >= 0.6 is 0 Å². The number of nitrogens with zero attached hydrogens (tertiary/aromatic N) is 1. The molecule has 1 amide bonds. The molecule has 0 saturated heterocycles. The molecular formula is C15H15N3O3. The van der Waals surface area contributed by atoms with E-state index in [-0.39, 0.29) is 11.6 Å². The van der Waals surface area contributed by atoms with E-state index in [1.54, 1.807) is 12.1 Å². The second-order valence-corrected chi connectivity index (χ2v) is 4.76. The van der Waals surface area contributed by atoms with Gasteiger partial charge in [-0.05, 0) is 38.1 Å². The number of aryl methyl sites for hydroxylation is 2. The Balaban J connectivity index is 2.02. The third-order valence-corrected chi connectivity index (χ3v) is 2.88. The molecule has 0 aromatic heterocycles. The molecule has 6 nitrogen and oxygen atoms in total. The fourth-order valence-corrected chi connectivity index (χ4v) is 1.97. The lowest BCUT2D eigenvalue weighted by Gasteiger charge is -2.09. The Labute approximate surface area is 121 Å². The van der Waals surface area contributed by atoms with Gasteiger partial charge >= 0.3 is 0 Å². The molecule has 0 aliphatic rings. The van der Waals surface area contributed by atoms with Gasteiger partial charge in [0.05, 0.1) is 10.6 Å². The van der Waals surface area contributed by atoms with Crippen molar-refractivity contribution in [2.45, 2.75) is 13.8 Å². The van der Waals surface area contributed by atoms with Gasteiger partial charge in [-0.2, -0.15) is 0 Å². The highest BCUT2D eigenvalue weighted by Crippen LogP contribution is 2.15. The minimum absolute atomic E-state index is 0.00110. The number of rotatable bonds is 4. The molecule has 2 rings (SSSR count). The molecule has 21 heavy (non-hydrogen) atoms.